The maximum Gasteiger partial charge on any atom is 0.305 e. The highest BCUT2D eigenvalue weighted by Gasteiger charge is 2.27. The van der Waals surface area contributed by atoms with E-state index in [1.807, 2.05) is 14.1 Å². The summed E-state index contributed by atoms with van der Waals surface area (Å²) in [4.78, 5) is 49.2. The van der Waals surface area contributed by atoms with Crippen LogP contribution in [0.5, 0.6) is 0 Å². The predicted molar refractivity (Wildman–Crippen MR) is 437 cm³/mol. The monoisotopic (exact) mass is 1510 g/mol. The molecule has 0 fully saturated rings. The lowest BCUT2D eigenvalue weighted by molar-refractivity contribution is -0.912. The Balaban J connectivity index is -0.00000186. The number of rotatable bonds is 76. The van der Waals surface area contributed by atoms with Crippen molar-refractivity contribution >= 4 is 34.3 Å². The van der Waals surface area contributed by atoms with Gasteiger partial charge in [-0.1, -0.05) is 282 Å². The second kappa shape index (κ2) is 81.5. The average Bonchev–Trinajstić information content (AvgIpc) is 0.898. The van der Waals surface area contributed by atoms with Crippen molar-refractivity contribution in [3.05, 3.63) is 48.6 Å². The molecule has 0 amide bonds. The number of unbranched alkanes of at least 4 members (excludes halogenated alkanes) is 44. The third kappa shape index (κ3) is 92.9. The van der Waals surface area contributed by atoms with E-state index in [-0.39, 0.29) is 23.9 Å². The molecule has 0 aliphatic heterocycles. The minimum Gasteiger partial charge on any atom is -0.759 e. The van der Waals surface area contributed by atoms with E-state index < -0.39 is 22.6 Å². The van der Waals surface area contributed by atoms with Gasteiger partial charge in [0.15, 0.2) is 0 Å². The van der Waals surface area contributed by atoms with Crippen molar-refractivity contribution in [3.8, 4) is 0 Å². The van der Waals surface area contributed by atoms with Crippen LogP contribution >= 0.6 is 0 Å². The molecule has 17 heteroatoms. The summed E-state index contributed by atoms with van der Waals surface area (Å²) in [6, 6.07) is 0. The number of carbonyl (C=O) groups excluding carboxylic acids is 4. The van der Waals surface area contributed by atoms with Crippen LogP contribution in [-0.4, -0.2) is 153 Å². The first-order valence-electron chi connectivity index (χ1n) is 43.6. The van der Waals surface area contributed by atoms with E-state index in [1.54, 1.807) is 13.8 Å². The fourth-order valence-electron chi connectivity index (χ4n) is 13.0. The van der Waals surface area contributed by atoms with Gasteiger partial charge in [0.1, 0.15) is 77.9 Å². The normalized spacial score (nSPS) is 12.6. The zero-order valence-corrected chi connectivity index (χ0v) is 70.4. The quantitative estimate of drug-likeness (QED) is 0.0110. The highest BCUT2D eigenvalue weighted by atomic mass is 32.3. The van der Waals surface area contributed by atoms with Crippen molar-refractivity contribution in [3.63, 3.8) is 0 Å². The topological polar surface area (TPSA) is 226 Å². The molecule has 0 aromatic rings. The van der Waals surface area contributed by atoms with Gasteiger partial charge in [-0.25, -0.2) is 0 Å². The molecule has 2 unspecified atom stereocenters. The second-order valence-electron chi connectivity index (χ2n) is 30.8. The molecule has 0 radical (unpaired) electrons. The van der Waals surface area contributed by atoms with Gasteiger partial charge in [-0.05, 0) is 142 Å². The molecular formula is C88H168N2O14S. The minimum atomic E-state index is -5.17. The zero-order chi connectivity index (χ0) is 78.1. The van der Waals surface area contributed by atoms with Crippen molar-refractivity contribution in [1.29, 1.82) is 0 Å². The molecule has 2 atom stereocenters. The Kier molecular flexibility index (Phi) is 82.1. The number of carbonyl (C=O) groups is 4. The van der Waals surface area contributed by atoms with Gasteiger partial charge in [-0.3, -0.25) is 27.6 Å². The van der Waals surface area contributed by atoms with E-state index in [2.05, 4.69) is 76.3 Å². The van der Waals surface area contributed by atoms with Crippen LogP contribution < -0.4 is 0 Å². The van der Waals surface area contributed by atoms with Crippen LogP contribution in [0.1, 0.15) is 401 Å². The molecule has 0 heterocycles. The van der Waals surface area contributed by atoms with E-state index >= 15 is 0 Å². The Morgan fingerprint density at radius 1 is 0.295 bits per heavy atom. The average molecular weight is 1510 g/mol. The maximum absolute atomic E-state index is 12.3. The fraction of sp³-hybridized carbons (Fsp3) is 0.864. The smallest absolute Gasteiger partial charge is 0.305 e. The van der Waals surface area contributed by atoms with Gasteiger partial charge in [0.2, 0.25) is 0 Å². The van der Waals surface area contributed by atoms with E-state index in [9.17, 15) is 29.4 Å². The van der Waals surface area contributed by atoms with Gasteiger partial charge in [-0.15, -0.1) is 0 Å². The number of hydrogen-bond donors (Lipinski definition) is 2. The molecular weight excluding hydrogens is 1340 g/mol. The highest BCUT2D eigenvalue weighted by molar-refractivity contribution is 7.79. The van der Waals surface area contributed by atoms with Gasteiger partial charge in [-0.2, -0.15) is 0 Å². The van der Waals surface area contributed by atoms with Crippen molar-refractivity contribution in [2.45, 2.75) is 413 Å². The van der Waals surface area contributed by atoms with E-state index in [4.69, 9.17) is 36.5 Å². The van der Waals surface area contributed by atoms with Gasteiger partial charge in [0, 0.05) is 36.1 Å². The van der Waals surface area contributed by atoms with Gasteiger partial charge in [0.25, 0.3) is 0 Å². The molecule has 0 spiro atoms. The largest absolute Gasteiger partial charge is 0.759 e. The Morgan fingerprint density at radius 3 is 0.590 bits per heavy atom. The van der Waals surface area contributed by atoms with Crippen LogP contribution in [-0.2, 0) is 48.5 Å². The lowest BCUT2D eigenvalue weighted by Gasteiger charge is -2.35. The molecule has 2 N–H and O–H groups in total. The molecule has 0 saturated heterocycles. The Morgan fingerprint density at radius 2 is 0.438 bits per heavy atom. The first-order chi connectivity index (χ1) is 50.7. The standard InChI is InChI=1S/2C44H84NO5.H2O4S/c2*1-5-7-9-11-13-15-17-19-21-23-25-27-29-31-33-35-43(47)49-39-37-45(4,41-42(3)46)38-40-50-44(48)36-34-32-30-28-26-24-22-20-18-16-14-12-10-8-6-2;1-5(2,3)4/h2*19-22,42,46H,5-18,23-41H2,1-4H3;(H2,1,2,3,4)/q2*+1;/p-2/b2*21-19-,22-20-;. The van der Waals surface area contributed by atoms with E-state index in [0.29, 0.717) is 100 Å². The number of aliphatic hydroxyl groups excluding tert-OH is 2. The summed E-state index contributed by atoms with van der Waals surface area (Å²) < 4.78 is 57.3. The van der Waals surface area contributed by atoms with Crippen LogP contribution in [0, 0.1) is 0 Å². The summed E-state index contributed by atoms with van der Waals surface area (Å²) in [5.41, 5.74) is 0. The first-order valence-corrected chi connectivity index (χ1v) is 44.9. The maximum atomic E-state index is 12.3. The summed E-state index contributed by atoms with van der Waals surface area (Å²) in [7, 11) is -1.11. The summed E-state index contributed by atoms with van der Waals surface area (Å²) in [5, 5.41) is 20.1. The van der Waals surface area contributed by atoms with Crippen LogP contribution in [0.3, 0.4) is 0 Å². The van der Waals surface area contributed by atoms with Crippen molar-refractivity contribution in [2.24, 2.45) is 0 Å². The molecule has 16 nitrogen and oxygen atoms in total. The minimum absolute atomic E-state index is 0.141. The molecule has 0 aliphatic rings. The van der Waals surface area contributed by atoms with Crippen molar-refractivity contribution in [2.75, 3.05) is 79.8 Å². The molecule has 0 rings (SSSR count). The van der Waals surface area contributed by atoms with E-state index in [1.165, 1.54) is 257 Å². The Hall–Kier alpha value is -3.45. The number of aliphatic hydroxyl groups is 2. The van der Waals surface area contributed by atoms with E-state index in [0.717, 1.165) is 77.0 Å². The van der Waals surface area contributed by atoms with Crippen molar-refractivity contribution < 1.29 is 74.8 Å². The number of quaternary nitrogens is 2. The Labute approximate surface area is 647 Å². The van der Waals surface area contributed by atoms with Gasteiger partial charge in [0.05, 0.1) is 14.1 Å². The lowest BCUT2D eigenvalue weighted by atomic mass is 10.1. The van der Waals surface area contributed by atoms with Crippen LogP contribution in [0.25, 0.3) is 0 Å². The molecule has 620 valence electrons. The third-order valence-electron chi connectivity index (χ3n) is 19.6. The van der Waals surface area contributed by atoms with Crippen molar-refractivity contribution in [1.82, 2.24) is 0 Å². The number of nitrogens with zero attached hydrogens (tertiary/aromatic N) is 2. The molecule has 0 aliphatic carbocycles. The summed E-state index contributed by atoms with van der Waals surface area (Å²) >= 11 is 0. The molecule has 105 heavy (non-hydrogen) atoms. The molecule has 0 bridgehead atoms. The SMILES string of the molecule is CCCCCCCC/C=C\CCCCCCCC(=O)OCC[N+](C)(CCOC(=O)CCCCCCC/C=C\CCCCCCCC)CC(C)O.CCCCCCCC/C=C\CCCCCCCC(=O)OCC[N+](C)(CCOC(=O)CCCCCCC/C=C\CCCCCCCC)CC(C)O.O=S(=O)([O-])[O-]. The summed E-state index contributed by atoms with van der Waals surface area (Å²) in [5.74, 6) is -0.564. The molecule has 0 aromatic heterocycles. The third-order valence-corrected chi connectivity index (χ3v) is 19.6. The number of likely N-dealkylation sites (N-methyl/N-ethyl adjacent to an activating group) is 2. The van der Waals surface area contributed by atoms with Crippen LogP contribution in [0.4, 0.5) is 0 Å². The highest BCUT2D eigenvalue weighted by Crippen LogP contribution is 2.17. The molecule has 0 aromatic carbocycles. The second-order valence-corrected chi connectivity index (χ2v) is 31.6. The lowest BCUT2D eigenvalue weighted by Crippen LogP contribution is -2.52. The van der Waals surface area contributed by atoms with Crippen LogP contribution in [0.15, 0.2) is 48.6 Å². The number of hydrogen-bond acceptors (Lipinski definition) is 14. The zero-order valence-electron chi connectivity index (χ0n) is 69.5. The molecule has 0 saturated carbocycles. The Bertz CT molecular complexity index is 1880. The number of allylic oxidation sites excluding steroid dienone is 8. The predicted octanol–water partition coefficient (Wildman–Crippen LogP) is 22.6. The van der Waals surface area contributed by atoms with Gasteiger partial charge >= 0.3 is 23.9 Å². The summed E-state index contributed by atoms with van der Waals surface area (Å²) in [6.07, 6.45) is 84.0. The first kappa shape index (κ1) is 106. The number of ether oxygens (including phenoxy) is 4. The number of esters is 4. The fourth-order valence-corrected chi connectivity index (χ4v) is 13.0. The van der Waals surface area contributed by atoms with Gasteiger partial charge < -0.3 is 47.2 Å². The van der Waals surface area contributed by atoms with Crippen LogP contribution in [0.2, 0.25) is 0 Å². The summed E-state index contributed by atoms with van der Waals surface area (Å²) in [6.45, 7) is 17.3.